The molecule has 2 aromatic rings. The van der Waals surface area contributed by atoms with Crippen LogP contribution in [0.15, 0.2) is 35.8 Å². The zero-order valence-electron chi connectivity index (χ0n) is 12.7. The van der Waals surface area contributed by atoms with Crippen LogP contribution in [0.4, 0.5) is 0 Å². The minimum absolute atomic E-state index is 0.0727. The van der Waals surface area contributed by atoms with Gasteiger partial charge in [0.25, 0.3) is 5.91 Å². The second-order valence-corrected chi connectivity index (χ2v) is 6.71. The van der Waals surface area contributed by atoms with Crippen LogP contribution < -0.4 is 0 Å². The predicted molar refractivity (Wildman–Crippen MR) is 87.3 cm³/mol. The predicted octanol–water partition coefficient (Wildman–Crippen LogP) is 2.79. The number of ether oxygens (including phenoxy) is 2. The lowest BCUT2D eigenvalue weighted by Crippen LogP contribution is -2.47. The van der Waals surface area contributed by atoms with Crippen LogP contribution >= 0.6 is 11.3 Å². The molecule has 23 heavy (non-hydrogen) atoms. The van der Waals surface area contributed by atoms with Crippen LogP contribution in [0.25, 0.3) is 10.6 Å². The quantitative estimate of drug-likeness (QED) is 0.850. The van der Waals surface area contributed by atoms with Crippen molar-refractivity contribution in [3.63, 3.8) is 0 Å². The Morgan fingerprint density at radius 2 is 1.83 bits per heavy atom. The van der Waals surface area contributed by atoms with Gasteiger partial charge in [-0.25, -0.2) is 4.98 Å². The molecule has 0 radical (unpaired) electrons. The molecule has 5 nitrogen and oxygen atoms in total. The molecule has 1 aromatic carbocycles. The highest BCUT2D eigenvalue weighted by atomic mass is 32.1. The Kier molecular flexibility index (Phi) is 3.88. The van der Waals surface area contributed by atoms with Gasteiger partial charge in [-0.2, -0.15) is 0 Å². The van der Waals surface area contributed by atoms with Crippen LogP contribution in [-0.4, -0.2) is 47.9 Å². The number of thiazole rings is 1. The number of hydrogen-bond donors (Lipinski definition) is 0. The number of carbonyl (C=O) groups is 1. The van der Waals surface area contributed by atoms with E-state index in [4.69, 9.17) is 9.47 Å². The van der Waals surface area contributed by atoms with Crippen LogP contribution in [0.1, 0.15) is 23.2 Å². The molecule has 120 valence electrons. The number of amides is 1. The summed E-state index contributed by atoms with van der Waals surface area (Å²) in [7, 11) is 0. The monoisotopic (exact) mass is 330 g/mol. The van der Waals surface area contributed by atoms with Crippen molar-refractivity contribution < 1.29 is 14.3 Å². The molecule has 6 heteroatoms. The lowest BCUT2D eigenvalue weighted by atomic mass is 10.0. The average molecular weight is 330 g/mol. The van der Waals surface area contributed by atoms with Crippen molar-refractivity contribution in [3.8, 4) is 10.6 Å². The van der Waals surface area contributed by atoms with E-state index >= 15 is 0 Å². The number of aromatic nitrogens is 1. The Balaban J connectivity index is 1.43. The van der Waals surface area contributed by atoms with Gasteiger partial charge in [0.1, 0.15) is 5.01 Å². The maximum atomic E-state index is 12.6. The largest absolute Gasteiger partial charge is 0.347 e. The lowest BCUT2D eigenvalue weighted by Gasteiger charge is -2.37. The van der Waals surface area contributed by atoms with Gasteiger partial charge >= 0.3 is 0 Å². The third kappa shape index (κ3) is 2.89. The van der Waals surface area contributed by atoms with Crippen molar-refractivity contribution in [2.45, 2.75) is 18.6 Å². The molecule has 1 spiro atoms. The molecule has 2 saturated heterocycles. The van der Waals surface area contributed by atoms with Crippen molar-refractivity contribution in [1.29, 1.82) is 0 Å². The Labute approximate surface area is 138 Å². The molecule has 0 N–H and O–H groups in total. The van der Waals surface area contributed by atoms with Gasteiger partial charge in [-0.05, 0) is 12.1 Å². The van der Waals surface area contributed by atoms with E-state index in [2.05, 4.69) is 4.98 Å². The molecule has 2 fully saturated rings. The topological polar surface area (TPSA) is 51.7 Å². The maximum absolute atomic E-state index is 12.6. The van der Waals surface area contributed by atoms with Crippen LogP contribution in [-0.2, 0) is 9.47 Å². The van der Waals surface area contributed by atoms with Gasteiger partial charge in [0.05, 0.1) is 13.2 Å². The fraction of sp³-hybridized carbons (Fsp3) is 0.412. The normalized spacial score (nSPS) is 20.1. The summed E-state index contributed by atoms with van der Waals surface area (Å²) in [6.45, 7) is 2.67. The fourth-order valence-corrected chi connectivity index (χ4v) is 3.78. The van der Waals surface area contributed by atoms with Gasteiger partial charge in [-0.15, -0.1) is 11.3 Å². The molecular weight excluding hydrogens is 312 g/mol. The molecule has 1 amide bonds. The molecule has 1 aromatic heterocycles. The zero-order valence-corrected chi connectivity index (χ0v) is 13.6. The highest BCUT2D eigenvalue weighted by Crippen LogP contribution is 2.32. The Bertz CT molecular complexity index is 668. The van der Waals surface area contributed by atoms with Gasteiger partial charge in [0, 0.05) is 48.6 Å². The third-order valence-electron chi connectivity index (χ3n) is 4.44. The highest BCUT2D eigenvalue weighted by molar-refractivity contribution is 7.13. The Hall–Kier alpha value is -1.76. The summed E-state index contributed by atoms with van der Waals surface area (Å²) in [4.78, 5) is 18.8. The number of piperidine rings is 1. The van der Waals surface area contributed by atoms with Crippen molar-refractivity contribution in [2.75, 3.05) is 26.3 Å². The first-order chi connectivity index (χ1) is 11.3. The second-order valence-electron chi connectivity index (χ2n) is 5.81. The molecule has 3 heterocycles. The number of benzene rings is 1. The maximum Gasteiger partial charge on any atom is 0.253 e. The molecule has 0 bridgehead atoms. The van der Waals surface area contributed by atoms with E-state index in [-0.39, 0.29) is 5.91 Å². The van der Waals surface area contributed by atoms with Gasteiger partial charge in [0.15, 0.2) is 5.79 Å². The van der Waals surface area contributed by atoms with E-state index < -0.39 is 5.79 Å². The van der Waals surface area contributed by atoms with E-state index in [0.29, 0.717) is 26.3 Å². The number of hydrogen-bond acceptors (Lipinski definition) is 5. The first-order valence-electron chi connectivity index (χ1n) is 7.83. The van der Waals surface area contributed by atoms with E-state index in [1.54, 1.807) is 17.5 Å². The minimum atomic E-state index is -0.439. The van der Waals surface area contributed by atoms with Crippen LogP contribution in [0.2, 0.25) is 0 Å². The van der Waals surface area contributed by atoms with Gasteiger partial charge in [-0.3, -0.25) is 4.79 Å². The summed E-state index contributed by atoms with van der Waals surface area (Å²) >= 11 is 1.59. The summed E-state index contributed by atoms with van der Waals surface area (Å²) in [5, 5.41) is 2.92. The first kappa shape index (κ1) is 14.8. The third-order valence-corrected chi connectivity index (χ3v) is 5.26. The number of likely N-dealkylation sites (tertiary alicyclic amines) is 1. The van der Waals surface area contributed by atoms with E-state index in [0.717, 1.165) is 29.0 Å². The summed E-state index contributed by atoms with van der Waals surface area (Å²) in [6.07, 6.45) is 3.28. The zero-order chi connectivity index (χ0) is 15.7. The van der Waals surface area contributed by atoms with Crippen molar-refractivity contribution in [1.82, 2.24) is 9.88 Å². The van der Waals surface area contributed by atoms with Crippen LogP contribution in [0.3, 0.4) is 0 Å². The molecular formula is C17H18N2O3S. The van der Waals surface area contributed by atoms with Gasteiger partial charge < -0.3 is 14.4 Å². The lowest BCUT2D eigenvalue weighted by molar-refractivity contribution is -0.181. The summed E-state index contributed by atoms with van der Waals surface area (Å²) in [6, 6.07) is 7.68. The number of nitrogens with zero attached hydrogens (tertiary/aromatic N) is 2. The second kappa shape index (κ2) is 6.03. The molecule has 2 aliphatic rings. The van der Waals surface area contributed by atoms with E-state index in [9.17, 15) is 4.79 Å². The minimum Gasteiger partial charge on any atom is -0.347 e. The average Bonchev–Trinajstić information content (AvgIpc) is 3.28. The van der Waals surface area contributed by atoms with E-state index in [1.165, 1.54) is 0 Å². The fourth-order valence-electron chi connectivity index (χ4n) is 3.14. The number of rotatable bonds is 2. The molecule has 4 rings (SSSR count). The Morgan fingerprint density at radius 3 is 2.43 bits per heavy atom. The SMILES string of the molecule is O=C(c1ccc(-c2nccs2)cc1)N1CCC2(CC1)OCCO2. The van der Waals surface area contributed by atoms with Crippen molar-refractivity contribution in [2.24, 2.45) is 0 Å². The molecule has 0 unspecified atom stereocenters. The summed E-state index contributed by atoms with van der Waals surface area (Å²) in [5.41, 5.74) is 1.76. The van der Waals surface area contributed by atoms with Gasteiger partial charge in [0.2, 0.25) is 0 Å². The Morgan fingerprint density at radius 1 is 1.13 bits per heavy atom. The van der Waals surface area contributed by atoms with Crippen LogP contribution in [0, 0.1) is 0 Å². The molecule has 2 aliphatic heterocycles. The van der Waals surface area contributed by atoms with Crippen LogP contribution in [0.5, 0.6) is 0 Å². The smallest absolute Gasteiger partial charge is 0.253 e. The van der Waals surface area contributed by atoms with Crippen molar-refractivity contribution in [3.05, 3.63) is 41.4 Å². The van der Waals surface area contributed by atoms with E-state index in [1.807, 2.05) is 34.5 Å². The summed E-state index contributed by atoms with van der Waals surface area (Å²) < 4.78 is 11.4. The number of carbonyl (C=O) groups excluding carboxylic acids is 1. The van der Waals surface area contributed by atoms with Crippen molar-refractivity contribution >= 4 is 17.2 Å². The summed E-state index contributed by atoms with van der Waals surface area (Å²) in [5.74, 6) is -0.366. The molecule has 0 atom stereocenters. The first-order valence-corrected chi connectivity index (χ1v) is 8.71. The highest BCUT2D eigenvalue weighted by Gasteiger charge is 2.40. The molecule has 0 aliphatic carbocycles. The molecule has 0 saturated carbocycles. The van der Waals surface area contributed by atoms with Gasteiger partial charge in [-0.1, -0.05) is 12.1 Å². The standard InChI is InChI=1S/C17H18N2O3S/c20-16(19-8-5-17(6-9-19)21-10-11-22-17)14-3-1-13(2-4-14)15-18-7-12-23-15/h1-4,7,12H,5-6,8-11H2.